The van der Waals surface area contributed by atoms with Gasteiger partial charge in [0.05, 0.1) is 24.1 Å². The Kier molecular flexibility index (Phi) is 4.94. The Morgan fingerprint density at radius 1 is 1.35 bits per heavy atom. The van der Waals surface area contributed by atoms with Gasteiger partial charge >= 0.3 is 0 Å². The van der Waals surface area contributed by atoms with Crippen LogP contribution in [0.5, 0.6) is 5.75 Å². The van der Waals surface area contributed by atoms with Gasteiger partial charge in [-0.05, 0) is 13.8 Å². The Balaban J connectivity index is 2.12. The molecule has 1 saturated heterocycles. The summed E-state index contributed by atoms with van der Waals surface area (Å²) in [6.07, 6.45) is 4.13. The van der Waals surface area contributed by atoms with Gasteiger partial charge in [0.2, 0.25) is 0 Å². The number of hydrogen-bond donors (Lipinski definition) is 1. The summed E-state index contributed by atoms with van der Waals surface area (Å²) >= 11 is 0. The SMILES string of the molecule is CC1CC(Oc2cnc(C(C)C)nc2CN)CC(C)O1. The van der Waals surface area contributed by atoms with Crippen molar-refractivity contribution in [2.24, 2.45) is 5.73 Å². The van der Waals surface area contributed by atoms with E-state index in [1.165, 1.54) is 0 Å². The molecule has 5 heteroatoms. The molecule has 0 spiro atoms. The maximum atomic E-state index is 6.07. The largest absolute Gasteiger partial charge is 0.487 e. The monoisotopic (exact) mass is 279 g/mol. The number of rotatable bonds is 4. The molecule has 1 aromatic heterocycles. The van der Waals surface area contributed by atoms with Crippen LogP contribution < -0.4 is 10.5 Å². The molecule has 0 radical (unpaired) electrons. The number of ether oxygens (including phenoxy) is 2. The maximum Gasteiger partial charge on any atom is 0.160 e. The Morgan fingerprint density at radius 2 is 2.00 bits per heavy atom. The van der Waals surface area contributed by atoms with Gasteiger partial charge in [0, 0.05) is 25.3 Å². The number of hydrogen-bond acceptors (Lipinski definition) is 5. The van der Waals surface area contributed by atoms with Crippen LogP contribution in [-0.4, -0.2) is 28.3 Å². The van der Waals surface area contributed by atoms with Gasteiger partial charge in [-0.1, -0.05) is 13.8 Å². The lowest BCUT2D eigenvalue weighted by atomic mass is 10.0. The summed E-state index contributed by atoms with van der Waals surface area (Å²) in [5, 5.41) is 0. The zero-order valence-electron chi connectivity index (χ0n) is 12.8. The third-order valence-corrected chi connectivity index (χ3v) is 3.51. The second-order valence-corrected chi connectivity index (χ2v) is 5.87. The van der Waals surface area contributed by atoms with Crippen molar-refractivity contribution >= 4 is 0 Å². The zero-order chi connectivity index (χ0) is 14.7. The van der Waals surface area contributed by atoms with Gasteiger partial charge in [-0.15, -0.1) is 0 Å². The second kappa shape index (κ2) is 6.50. The van der Waals surface area contributed by atoms with Crippen molar-refractivity contribution in [3.63, 3.8) is 0 Å². The molecule has 1 aliphatic heterocycles. The highest BCUT2D eigenvalue weighted by atomic mass is 16.5. The molecule has 1 fully saturated rings. The summed E-state index contributed by atoms with van der Waals surface area (Å²) in [5.74, 6) is 1.81. The van der Waals surface area contributed by atoms with Crippen molar-refractivity contribution in [1.29, 1.82) is 0 Å². The van der Waals surface area contributed by atoms with E-state index in [1.54, 1.807) is 6.20 Å². The van der Waals surface area contributed by atoms with Crippen LogP contribution in [0.3, 0.4) is 0 Å². The first-order valence-corrected chi connectivity index (χ1v) is 7.37. The molecule has 2 rings (SSSR count). The van der Waals surface area contributed by atoms with E-state index in [2.05, 4.69) is 37.7 Å². The Hall–Kier alpha value is -1.20. The first-order chi connectivity index (χ1) is 9.49. The molecule has 0 bridgehead atoms. The van der Waals surface area contributed by atoms with Gasteiger partial charge in [-0.2, -0.15) is 0 Å². The molecule has 2 heterocycles. The normalized spacial score (nSPS) is 26.8. The van der Waals surface area contributed by atoms with Crippen LogP contribution in [0.4, 0.5) is 0 Å². The van der Waals surface area contributed by atoms with Crippen molar-refractivity contribution in [2.45, 2.75) is 71.3 Å². The fraction of sp³-hybridized carbons (Fsp3) is 0.733. The Morgan fingerprint density at radius 3 is 2.55 bits per heavy atom. The molecule has 0 aromatic carbocycles. The molecular formula is C15H25N3O2. The predicted molar refractivity (Wildman–Crippen MR) is 77.7 cm³/mol. The minimum atomic E-state index is 0.146. The van der Waals surface area contributed by atoms with Crippen LogP contribution in [0.2, 0.25) is 0 Å². The van der Waals surface area contributed by atoms with Gasteiger partial charge in [0.15, 0.2) is 5.75 Å². The van der Waals surface area contributed by atoms with E-state index in [0.717, 1.165) is 24.4 Å². The molecule has 112 valence electrons. The molecular weight excluding hydrogens is 254 g/mol. The molecule has 20 heavy (non-hydrogen) atoms. The van der Waals surface area contributed by atoms with Gasteiger partial charge in [0.1, 0.15) is 11.9 Å². The average Bonchev–Trinajstić information content (AvgIpc) is 2.37. The molecule has 1 aromatic rings. The van der Waals surface area contributed by atoms with E-state index in [4.69, 9.17) is 15.2 Å². The lowest BCUT2D eigenvalue weighted by Gasteiger charge is -2.32. The first kappa shape index (κ1) is 15.2. The summed E-state index contributed by atoms with van der Waals surface area (Å²) in [5.41, 5.74) is 6.57. The van der Waals surface area contributed by atoms with E-state index < -0.39 is 0 Å². The van der Waals surface area contributed by atoms with Gasteiger partial charge in [-0.3, -0.25) is 0 Å². The highest BCUT2D eigenvalue weighted by Crippen LogP contribution is 2.26. The highest BCUT2D eigenvalue weighted by molar-refractivity contribution is 5.25. The third-order valence-electron chi connectivity index (χ3n) is 3.51. The number of aromatic nitrogens is 2. The molecule has 2 unspecified atom stereocenters. The highest BCUT2D eigenvalue weighted by Gasteiger charge is 2.26. The topological polar surface area (TPSA) is 70.3 Å². The summed E-state index contributed by atoms with van der Waals surface area (Å²) in [6, 6.07) is 0. The van der Waals surface area contributed by atoms with Crippen LogP contribution in [0.25, 0.3) is 0 Å². The van der Waals surface area contributed by atoms with Crippen molar-refractivity contribution in [3.8, 4) is 5.75 Å². The minimum absolute atomic E-state index is 0.146. The lowest BCUT2D eigenvalue weighted by molar-refractivity contribution is -0.0724. The summed E-state index contributed by atoms with van der Waals surface area (Å²) in [7, 11) is 0. The Labute approximate surface area is 120 Å². The van der Waals surface area contributed by atoms with Crippen LogP contribution in [-0.2, 0) is 11.3 Å². The Bertz CT molecular complexity index is 441. The summed E-state index contributed by atoms with van der Waals surface area (Å²) in [6.45, 7) is 8.66. The van der Waals surface area contributed by atoms with Crippen molar-refractivity contribution in [1.82, 2.24) is 9.97 Å². The fourth-order valence-corrected chi connectivity index (χ4v) is 2.56. The lowest BCUT2D eigenvalue weighted by Crippen LogP contribution is -2.36. The molecule has 2 atom stereocenters. The number of nitrogens with zero attached hydrogens (tertiary/aromatic N) is 2. The predicted octanol–water partition coefficient (Wildman–Crippen LogP) is 2.39. The van der Waals surface area contributed by atoms with Crippen LogP contribution in [0.15, 0.2) is 6.20 Å². The smallest absolute Gasteiger partial charge is 0.160 e. The standard InChI is InChI=1S/C15H25N3O2/c1-9(2)15-17-8-14(13(7-16)18-15)20-12-5-10(3)19-11(4)6-12/h8-12H,5-7,16H2,1-4H3. The molecule has 5 nitrogen and oxygen atoms in total. The van der Waals surface area contributed by atoms with Crippen molar-refractivity contribution in [3.05, 3.63) is 17.7 Å². The quantitative estimate of drug-likeness (QED) is 0.916. The van der Waals surface area contributed by atoms with Crippen molar-refractivity contribution < 1.29 is 9.47 Å². The first-order valence-electron chi connectivity index (χ1n) is 7.37. The third kappa shape index (κ3) is 3.67. The average molecular weight is 279 g/mol. The van der Waals surface area contributed by atoms with E-state index in [9.17, 15) is 0 Å². The molecule has 0 amide bonds. The van der Waals surface area contributed by atoms with Crippen LogP contribution in [0.1, 0.15) is 58.0 Å². The van der Waals surface area contributed by atoms with E-state index >= 15 is 0 Å². The molecule has 1 aliphatic rings. The summed E-state index contributed by atoms with van der Waals surface area (Å²) in [4.78, 5) is 8.87. The van der Waals surface area contributed by atoms with Crippen LogP contribution in [0, 0.1) is 0 Å². The minimum Gasteiger partial charge on any atom is -0.487 e. The van der Waals surface area contributed by atoms with Gasteiger partial charge < -0.3 is 15.2 Å². The molecule has 0 aliphatic carbocycles. The van der Waals surface area contributed by atoms with Gasteiger partial charge in [0.25, 0.3) is 0 Å². The maximum absolute atomic E-state index is 6.07. The van der Waals surface area contributed by atoms with Crippen molar-refractivity contribution in [2.75, 3.05) is 0 Å². The fourth-order valence-electron chi connectivity index (χ4n) is 2.56. The van der Waals surface area contributed by atoms with Gasteiger partial charge in [-0.25, -0.2) is 9.97 Å². The van der Waals surface area contributed by atoms with E-state index in [0.29, 0.717) is 12.3 Å². The van der Waals surface area contributed by atoms with E-state index in [1.807, 2.05) is 0 Å². The number of nitrogens with two attached hydrogens (primary N) is 1. The summed E-state index contributed by atoms with van der Waals surface area (Å²) < 4.78 is 11.8. The van der Waals surface area contributed by atoms with E-state index in [-0.39, 0.29) is 24.2 Å². The molecule has 0 saturated carbocycles. The zero-order valence-corrected chi connectivity index (χ0v) is 12.8. The van der Waals surface area contributed by atoms with Crippen LogP contribution >= 0.6 is 0 Å². The second-order valence-electron chi connectivity index (χ2n) is 5.87. The molecule has 2 N–H and O–H groups in total.